The summed E-state index contributed by atoms with van der Waals surface area (Å²) in [5, 5.41) is 9.98. The first-order chi connectivity index (χ1) is 13.3. The van der Waals surface area contributed by atoms with Crippen LogP contribution in [0.25, 0.3) is 0 Å². The quantitative estimate of drug-likeness (QED) is 0.408. The molecule has 0 saturated heterocycles. The molecule has 9 heteroatoms. The van der Waals surface area contributed by atoms with Crippen LogP contribution in [0.3, 0.4) is 0 Å². The fraction of sp³-hybridized carbons (Fsp3) is 0.526. The number of carboxylic acid groups (broad SMARTS) is 1. The van der Waals surface area contributed by atoms with E-state index < -0.39 is 11.4 Å². The Morgan fingerprint density at radius 3 is 2.39 bits per heavy atom. The predicted molar refractivity (Wildman–Crippen MR) is 105 cm³/mol. The van der Waals surface area contributed by atoms with Crippen LogP contribution in [0.5, 0.6) is 5.75 Å². The highest BCUT2D eigenvalue weighted by atomic mass is 35.5. The average Bonchev–Trinajstić information content (AvgIpc) is 3.05. The van der Waals surface area contributed by atoms with Gasteiger partial charge in [-0.3, -0.25) is 25.2 Å². The Morgan fingerprint density at radius 2 is 1.75 bits per heavy atom. The van der Waals surface area contributed by atoms with Crippen molar-refractivity contribution in [1.29, 1.82) is 0 Å². The molecule has 0 heterocycles. The number of carboxylic acids is 1. The van der Waals surface area contributed by atoms with Crippen LogP contribution in [0.4, 0.5) is 0 Å². The highest BCUT2D eigenvalue weighted by molar-refractivity contribution is 6.35. The van der Waals surface area contributed by atoms with Crippen molar-refractivity contribution >= 4 is 41.0 Å². The molecule has 0 atom stereocenters. The number of ether oxygens (including phenoxy) is 1. The summed E-state index contributed by atoms with van der Waals surface area (Å²) in [4.78, 5) is 35.0. The molecule has 1 aliphatic rings. The van der Waals surface area contributed by atoms with Gasteiger partial charge in [-0.1, -0.05) is 36.0 Å². The molecule has 2 amide bonds. The number of hydrogen-bond donors (Lipinski definition) is 3. The van der Waals surface area contributed by atoms with Crippen molar-refractivity contribution < 1.29 is 24.2 Å². The summed E-state index contributed by atoms with van der Waals surface area (Å²) >= 11 is 11.8. The maximum Gasteiger partial charge on any atom is 0.303 e. The molecule has 7 nitrogen and oxygen atoms in total. The highest BCUT2D eigenvalue weighted by Crippen LogP contribution is 2.43. The minimum atomic E-state index is -0.903. The van der Waals surface area contributed by atoms with Gasteiger partial charge in [-0.2, -0.15) is 0 Å². The predicted octanol–water partition coefficient (Wildman–Crippen LogP) is 3.73. The lowest BCUT2D eigenvalue weighted by Gasteiger charge is -2.26. The van der Waals surface area contributed by atoms with E-state index in [4.69, 9.17) is 33.0 Å². The Bertz CT molecular complexity index is 720. The number of nitrogens with one attached hydrogen (secondary N) is 2. The van der Waals surface area contributed by atoms with Gasteiger partial charge in [0, 0.05) is 17.9 Å². The molecule has 1 aromatic rings. The zero-order valence-corrected chi connectivity index (χ0v) is 16.9. The van der Waals surface area contributed by atoms with Crippen molar-refractivity contribution in [2.45, 2.75) is 51.4 Å². The lowest BCUT2D eigenvalue weighted by atomic mass is 9.79. The van der Waals surface area contributed by atoms with Gasteiger partial charge in [0.1, 0.15) is 5.75 Å². The van der Waals surface area contributed by atoms with Gasteiger partial charge in [-0.25, -0.2) is 0 Å². The lowest BCUT2D eigenvalue weighted by molar-refractivity contribution is -0.140. The SMILES string of the molecule is O=C(O)CC1(CC(=O)NNC(=O)CCCOc2ccc(Cl)cc2Cl)CCCC1. The van der Waals surface area contributed by atoms with Gasteiger partial charge < -0.3 is 9.84 Å². The van der Waals surface area contributed by atoms with Crippen molar-refractivity contribution in [3.63, 3.8) is 0 Å². The standard InChI is InChI=1S/C19H24Cl2N2O5/c20-13-5-6-15(14(21)10-13)28-9-3-4-16(24)22-23-17(25)11-19(12-18(26)27)7-1-2-8-19/h5-6,10H,1-4,7-9,11-12H2,(H,22,24)(H,23,25)(H,26,27). The number of benzene rings is 1. The smallest absolute Gasteiger partial charge is 0.303 e. The maximum absolute atomic E-state index is 12.1. The number of carbonyl (C=O) groups excluding carboxylic acids is 2. The first-order valence-corrected chi connectivity index (χ1v) is 9.93. The highest BCUT2D eigenvalue weighted by Gasteiger charge is 2.38. The Morgan fingerprint density at radius 1 is 1.07 bits per heavy atom. The van der Waals surface area contributed by atoms with Crippen LogP contribution < -0.4 is 15.6 Å². The van der Waals surface area contributed by atoms with Crippen molar-refractivity contribution in [1.82, 2.24) is 10.9 Å². The first kappa shape index (κ1) is 22.3. The molecule has 28 heavy (non-hydrogen) atoms. The largest absolute Gasteiger partial charge is 0.492 e. The molecule has 1 fully saturated rings. The Kier molecular flexibility index (Phi) is 8.38. The number of hydrogen-bond acceptors (Lipinski definition) is 4. The monoisotopic (exact) mass is 430 g/mol. The molecule has 154 valence electrons. The molecule has 0 unspecified atom stereocenters. The van der Waals surface area contributed by atoms with Crippen LogP contribution >= 0.6 is 23.2 Å². The third-order valence-electron chi connectivity index (χ3n) is 4.77. The molecule has 1 saturated carbocycles. The van der Waals surface area contributed by atoms with E-state index in [1.54, 1.807) is 18.2 Å². The second kappa shape index (κ2) is 10.5. The summed E-state index contributed by atoms with van der Waals surface area (Å²) in [5.74, 6) is -1.14. The van der Waals surface area contributed by atoms with Crippen LogP contribution in [0.15, 0.2) is 18.2 Å². The third kappa shape index (κ3) is 7.20. The van der Waals surface area contributed by atoms with E-state index in [1.807, 2.05) is 0 Å². The normalized spacial score (nSPS) is 15.1. The zero-order valence-electron chi connectivity index (χ0n) is 15.4. The van der Waals surface area contributed by atoms with Crippen LogP contribution in [0.1, 0.15) is 51.4 Å². The number of amides is 2. The van der Waals surface area contributed by atoms with Gasteiger partial charge in [0.25, 0.3) is 0 Å². The van der Waals surface area contributed by atoms with Gasteiger partial charge in [0.05, 0.1) is 18.1 Å². The summed E-state index contributed by atoms with van der Waals surface area (Å²) in [6.45, 7) is 0.282. The van der Waals surface area contributed by atoms with Gasteiger partial charge in [0.15, 0.2) is 0 Å². The van der Waals surface area contributed by atoms with Crippen LogP contribution in [-0.2, 0) is 14.4 Å². The minimum Gasteiger partial charge on any atom is -0.492 e. The molecule has 0 radical (unpaired) electrons. The summed E-state index contributed by atoms with van der Waals surface area (Å²) in [5.41, 5.74) is 4.23. The van der Waals surface area contributed by atoms with E-state index in [1.165, 1.54) is 0 Å². The molecule has 2 rings (SSSR count). The van der Waals surface area contributed by atoms with Gasteiger partial charge in [0.2, 0.25) is 11.8 Å². The number of aliphatic carboxylic acids is 1. The number of hydrazine groups is 1. The third-order valence-corrected chi connectivity index (χ3v) is 5.30. The molecular weight excluding hydrogens is 407 g/mol. The van der Waals surface area contributed by atoms with E-state index in [-0.39, 0.29) is 37.7 Å². The van der Waals surface area contributed by atoms with Crippen molar-refractivity contribution in [3.05, 3.63) is 28.2 Å². The number of carbonyl (C=O) groups is 3. The molecular formula is C19H24Cl2N2O5. The van der Waals surface area contributed by atoms with Crippen molar-refractivity contribution in [2.75, 3.05) is 6.61 Å². The van der Waals surface area contributed by atoms with E-state index in [0.29, 0.717) is 35.1 Å². The summed E-state index contributed by atoms with van der Waals surface area (Å²) < 4.78 is 5.49. The Hall–Kier alpha value is -1.99. The zero-order chi connectivity index (χ0) is 20.6. The second-order valence-corrected chi connectivity index (χ2v) is 7.92. The molecule has 0 bridgehead atoms. The van der Waals surface area contributed by atoms with E-state index in [0.717, 1.165) is 12.8 Å². The van der Waals surface area contributed by atoms with Crippen LogP contribution in [0, 0.1) is 5.41 Å². The average molecular weight is 431 g/mol. The molecule has 1 aromatic carbocycles. The summed E-state index contributed by atoms with van der Waals surface area (Å²) in [6.07, 6.45) is 3.93. The summed E-state index contributed by atoms with van der Waals surface area (Å²) in [6, 6.07) is 4.88. The maximum atomic E-state index is 12.1. The molecule has 0 spiro atoms. The van der Waals surface area contributed by atoms with E-state index in [2.05, 4.69) is 10.9 Å². The molecule has 1 aliphatic carbocycles. The Balaban J connectivity index is 1.66. The van der Waals surface area contributed by atoms with Gasteiger partial charge in [-0.05, 0) is 42.9 Å². The van der Waals surface area contributed by atoms with Crippen LogP contribution in [0.2, 0.25) is 10.0 Å². The first-order valence-electron chi connectivity index (χ1n) is 9.17. The topological polar surface area (TPSA) is 105 Å². The summed E-state index contributed by atoms with van der Waals surface area (Å²) in [7, 11) is 0. The van der Waals surface area contributed by atoms with Gasteiger partial charge >= 0.3 is 5.97 Å². The Labute approximate surface area is 173 Å². The lowest BCUT2D eigenvalue weighted by Crippen LogP contribution is -2.43. The minimum absolute atomic E-state index is 0.0288. The van der Waals surface area contributed by atoms with E-state index >= 15 is 0 Å². The fourth-order valence-corrected chi connectivity index (χ4v) is 3.92. The van der Waals surface area contributed by atoms with Crippen LogP contribution in [-0.4, -0.2) is 29.5 Å². The number of halogens is 2. The number of rotatable bonds is 9. The molecule has 0 aromatic heterocycles. The fourth-order valence-electron chi connectivity index (χ4n) is 3.46. The van der Waals surface area contributed by atoms with Crippen molar-refractivity contribution in [2.24, 2.45) is 5.41 Å². The van der Waals surface area contributed by atoms with Gasteiger partial charge in [-0.15, -0.1) is 0 Å². The van der Waals surface area contributed by atoms with Crippen molar-refractivity contribution in [3.8, 4) is 5.75 Å². The molecule has 3 N–H and O–H groups in total. The molecule has 0 aliphatic heterocycles. The van der Waals surface area contributed by atoms with E-state index in [9.17, 15) is 14.4 Å². The second-order valence-electron chi connectivity index (χ2n) is 7.08.